The Morgan fingerprint density at radius 2 is 1.10 bits per heavy atom. The summed E-state index contributed by atoms with van der Waals surface area (Å²) in [5.74, 6) is -0.519. The molecule has 2 aliphatic rings. The zero-order chi connectivity index (χ0) is 31.2. The second kappa shape index (κ2) is 14.8. The summed E-state index contributed by atoms with van der Waals surface area (Å²) in [5, 5.41) is -0.105. The van der Waals surface area contributed by atoms with E-state index >= 15 is 0 Å². The van der Waals surface area contributed by atoms with Crippen LogP contribution < -0.4 is 0 Å². The molecule has 2 heterocycles. The van der Waals surface area contributed by atoms with Crippen LogP contribution in [0.3, 0.4) is 0 Å². The van der Waals surface area contributed by atoms with Crippen LogP contribution in [0.15, 0.2) is 53.5 Å². The van der Waals surface area contributed by atoms with Gasteiger partial charge in [0.15, 0.2) is 0 Å². The van der Waals surface area contributed by atoms with Crippen LogP contribution in [0.2, 0.25) is 0 Å². The molecule has 41 heavy (non-hydrogen) atoms. The maximum absolute atomic E-state index is 12.8. The van der Waals surface area contributed by atoms with Crippen molar-refractivity contribution in [1.29, 1.82) is 0 Å². The molecule has 226 valence electrons. The molecule has 0 aliphatic carbocycles. The first-order valence-corrected chi connectivity index (χ1v) is 15.1. The van der Waals surface area contributed by atoms with Crippen molar-refractivity contribution in [2.45, 2.75) is 89.5 Å². The van der Waals surface area contributed by atoms with Gasteiger partial charge in [-0.25, -0.2) is 8.78 Å². The Labute approximate surface area is 264 Å². The number of alkyl halides is 3. The normalized spacial score (nSPS) is 21.0. The van der Waals surface area contributed by atoms with Crippen molar-refractivity contribution < 1.29 is 27.4 Å². The first-order chi connectivity index (χ1) is 18.8. The zero-order valence-electron chi connectivity index (χ0n) is 24.7. The van der Waals surface area contributed by atoms with E-state index in [2.05, 4.69) is 0 Å². The van der Waals surface area contributed by atoms with E-state index in [9.17, 15) is 8.78 Å². The summed E-state index contributed by atoms with van der Waals surface area (Å²) < 4.78 is 49.1. The minimum Gasteiger partial charge on any atom is -0.402 e. The summed E-state index contributed by atoms with van der Waals surface area (Å²) >= 11 is 22.1. The molecule has 1 atom stereocenters. The lowest BCUT2D eigenvalue weighted by molar-refractivity contribution is 0.00578. The highest BCUT2D eigenvalue weighted by Crippen LogP contribution is 2.40. The quantitative estimate of drug-likeness (QED) is 0.239. The van der Waals surface area contributed by atoms with Crippen LogP contribution in [0.5, 0.6) is 0 Å². The second-order valence-corrected chi connectivity index (χ2v) is 13.5. The van der Waals surface area contributed by atoms with E-state index in [-0.39, 0.29) is 33.5 Å². The Balaban J connectivity index is 0.000000262. The smallest absolute Gasteiger partial charge is 0.402 e. The highest BCUT2D eigenvalue weighted by atomic mass is 35.5. The molecule has 4 nitrogen and oxygen atoms in total. The van der Waals surface area contributed by atoms with Gasteiger partial charge in [0.05, 0.1) is 33.0 Å². The van der Waals surface area contributed by atoms with Crippen LogP contribution in [-0.4, -0.2) is 47.3 Å². The Morgan fingerprint density at radius 1 is 0.732 bits per heavy atom. The Kier molecular flexibility index (Phi) is 13.1. The van der Waals surface area contributed by atoms with Gasteiger partial charge in [-0.05, 0) is 103 Å². The fourth-order valence-corrected chi connectivity index (χ4v) is 4.22. The van der Waals surface area contributed by atoms with Gasteiger partial charge in [0.2, 0.25) is 0 Å². The third kappa shape index (κ3) is 10.1. The zero-order valence-corrected chi connectivity index (χ0v) is 27.8. The highest BCUT2D eigenvalue weighted by Gasteiger charge is 2.54. The summed E-state index contributed by atoms with van der Waals surface area (Å²) in [6.45, 7) is 15.8. The minimum absolute atomic E-state index is 0.194. The molecule has 2 aromatic rings. The fraction of sp³-hybridized carbons (Fsp3) is 0.517. The van der Waals surface area contributed by atoms with E-state index in [1.54, 1.807) is 30.3 Å². The first kappa shape index (κ1) is 36.4. The minimum atomic E-state index is -0.586. The molecule has 2 fully saturated rings. The van der Waals surface area contributed by atoms with Gasteiger partial charge in [-0.3, -0.25) is 0 Å². The Hall–Kier alpha value is -0.830. The molecule has 12 heteroatoms. The average Bonchev–Trinajstić information content (AvgIpc) is 3.22. The van der Waals surface area contributed by atoms with E-state index in [1.807, 2.05) is 55.4 Å². The fourth-order valence-electron chi connectivity index (χ4n) is 3.72. The van der Waals surface area contributed by atoms with Gasteiger partial charge < -0.3 is 18.6 Å². The largest absolute Gasteiger partial charge is 0.506 e. The van der Waals surface area contributed by atoms with Gasteiger partial charge in [0, 0.05) is 4.93 Å². The van der Waals surface area contributed by atoms with Crippen molar-refractivity contribution in [2.24, 2.45) is 0 Å². The van der Waals surface area contributed by atoms with E-state index < -0.39 is 25.4 Å². The number of halogens is 6. The third-order valence-corrected chi connectivity index (χ3v) is 8.21. The van der Waals surface area contributed by atoms with Crippen molar-refractivity contribution in [3.05, 3.63) is 76.2 Å². The van der Waals surface area contributed by atoms with Crippen LogP contribution in [0.25, 0.3) is 6.08 Å². The van der Waals surface area contributed by atoms with Gasteiger partial charge >= 0.3 is 14.2 Å². The molecule has 1 unspecified atom stereocenters. The van der Waals surface area contributed by atoms with Crippen molar-refractivity contribution in [3.8, 4) is 0 Å². The Bertz CT molecular complexity index is 1110. The van der Waals surface area contributed by atoms with E-state index in [4.69, 9.17) is 65.0 Å². The average molecular weight is 652 g/mol. The standard InChI is InChI=1S/C14H19BClFO2.C14H17BClFO2.CH2Cl2/c2*1-13(2)14(3,4)19-15(18-13)12(16)9-10-5-7-11(17)8-6-10;2-1-3/h5-8,12H,9H2,1-4H3;5-9H,1-4H3;1H2/b;12-9+;. The van der Waals surface area contributed by atoms with Crippen LogP contribution in [-0.2, 0) is 25.0 Å². The summed E-state index contributed by atoms with van der Waals surface area (Å²) in [4.78, 5) is 0.449. The number of hydrogen-bond donors (Lipinski definition) is 0. The van der Waals surface area contributed by atoms with Crippen LogP contribution in [0.4, 0.5) is 8.78 Å². The molecular weight excluding hydrogens is 614 g/mol. The third-order valence-electron chi connectivity index (χ3n) is 7.56. The van der Waals surface area contributed by atoms with Crippen molar-refractivity contribution >= 4 is 66.7 Å². The lowest BCUT2D eigenvalue weighted by atomic mass is 9.80. The summed E-state index contributed by atoms with van der Waals surface area (Å²) in [6.07, 6.45) is 2.31. The molecule has 0 spiro atoms. The molecule has 2 aliphatic heterocycles. The van der Waals surface area contributed by atoms with Crippen LogP contribution in [0.1, 0.15) is 66.5 Å². The number of rotatable bonds is 5. The van der Waals surface area contributed by atoms with Gasteiger partial charge in [-0.15, -0.1) is 34.8 Å². The van der Waals surface area contributed by atoms with Crippen molar-refractivity contribution in [1.82, 2.24) is 0 Å². The maximum Gasteiger partial charge on any atom is 0.506 e. The van der Waals surface area contributed by atoms with Gasteiger partial charge in [0.1, 0.15) is 11.6 Å². The van der Waals surface area contributed by atoms with Crippen LogP contribution in [0, 0.1) is 11.6 Å². The van der Waals surface area contributed by atoms with E-state index in [1.165, 1.54) is 24.3 Å². The summed E-state index contributed by atoms with van der Waals surface area (Å²) in [5.41, 5.74) is 0.168. The van der Waals surface area contributed by atoms with Gasteiger partial charge in [0.25, 0.3) is 0 Å². The van der Waals surface area contributed by atoms with Gasteiger partial charge in [-0.1, -0.05) is 35.9 Å². The summed E-state index contributed by atoms with van der Waals surface area (Å²) in [6, 6.07) is 12.4. The topological polar surface area (TPSA) is 36.9 Å². The summed E-state index contributed by atoms with van der Waals surface area (Å²) in [7, 11) is -1.03. The molecule has 4 rings (SSSR count). The van der Waals surface area contributed by atoms with E-state index in [0.717, 1.165) is 11.1 Å². The molecule has 0 saturated carbocycles. The van der Waals surface area contributed by atoms with Crippen molar-refractivity contribution in [2.75, 3.05) is 5.34 Å². The number of hydrogen-bond acceptors (Lipinski definition) is 4. The predicted octanol–water partition coefficient (Wildman–Crippen LogP) is 9.07. The SMILES string of the molecule is CC1(C)OB(/C(Cl)=C\c2ccc(F)cc2)OC1(C)C.CC1(C)OB(C(Cl)Cc2ccc(F)cc2)OC1(C)C.ClCCl. The molecular formula is C29H38B2Cl4F2O4. The molecule has 0 radical (unpaired) electrons. The first-order valence-electron chi connectivity index (χ1n) is 13.2. The highest BCUT2D eigenvalue weighted by molar-refractivity contribution is 6.71. The molecule has 0 N–H and O–H groups in total. The number of benzene rings is 2. The van der Waals surface area contributed by atoms with Crippen LogP contribution >= 0.6 is 46.4 Å². The monoisotopic (exact) mass is 650 g/mol. The van der Waals surface area contributed by atoms with E-state index in [0.29, 0.717) is 11.4 Å². The molecule has 0 aromatic heterocycles. The Morgan fingerprint density at radius 3 is 1.51 bits per heavy atom. The molecule has 0 amide bonds. The molecule has 2 aromatic carbocycles. The van der Waals surface area contributed by atoms with Crippen molar-refractivity contribution in [3.63, 3.8) is 0 Å². The molecule has 0 bridgehead atoms. The predicted molar refractivity (Wildman–Crippen MR) is 169 cm³/mol. The lowest BCUT2D eigenvalue weighted by Gasteiger charge is -2.32. The lowest BCUT2D eigenvalue weighted by Crippen LogP contribution is -2.41. The maximum atomic E-state index is 12.8. The van der Waals surface area contributed by atoms with Gasteiger partial charge in [-0.2, -0.15) is 0 Å². The second-order valence-electron chi connectivity index (χ2n) is 11.7. The molecule has 2 saturated heterocycles.